The minimum Gasteiger partial charge on any atom is -0.480 e. The molecule has 1 amide bonds. The first kappa shape index (κ1) is 16.7. The molecule has 0 saturated heterocycles. The van der Waals surface area contributed by atoms with E-state index in [1.165, 1.54) is 16.7 Å². The first-order valence-corrected chi connectivity index (χ1v) is 7.40. The van der Waals surface area contributed by atoms with Crippen LogP contribution in [0.2, 0.25) is 0 Å². The Balaban J connectivity index is 2.74. The molecule has 0 spiro atoms. The zero-order valence-electron chi connectivity index (χ0n) is 12.4. The van der Waals surface area contributed by atoms with Crippen LogP contribution in [0.5, 0.6) is 0 Å². The summed E-state index contributed by atoms with van der Waals surface area (Å²) >= 11 is 1.72. The van der Waals surface area contributed by atoms with Crippen LogP contribution in [-0.2, 0) is 16.1 Å². The van der Waals surface area contributed by atoms with E-state index < -0.39 is 12.0 Å². The zero-order chi connectivity index (χ0) is 15.3. The summed E-state index contributed by atoms with van der Waals surface area (Å²) < 4.78 is 0. The van der Waals surface area contributed by atoms with Crippen LogP contribution in [0.4, 0.5) is 0 Å². The van der Waals surface area contributed by atoms with Crippen LogP contribution in [0.25, 0.3) is 0 Å². The Kier molecular flexibility index (Phi) is 6.16. The molecule has 5 nitrogen and oxygen atoms in total. The van der Waals surface area contributed by atoms with Crippen molar-refractivity contribution in [1.29, 1.82) is 0 Å². The maximum Gasteiger partial charge on any atom is 0.320 e. The highest BCUT2D eigenvalue weighted by atomic mass is 32.1. The first-order valence-electron chi connectivity index (χ1n) is 6.58. The van der Waals surface area contributed by atoms with E-state index in [4.69, 9.17) is 0 Å². The van der Waals surface area contributed by atoms with Gasteiger partial charge in [0.05, 0.1) is 0 Å². The minimum atomic E-state index is -0.850. The number of carbonyl (C=O) groups excluding carboxylic acids is 1. The summed E-state index contributed by atoms with van der Waals surface area (Å²) in [4.78, 5) is 26.4. The number of hydrogen-bond donors (Lipinski definition) is 2. The number of carboxylic acid groups (broad SMARTS) is 1. The van der Waals surface area contributed by atoms with Gasteiger partial charge in [0.2, 0.25) is 5.91 Å². The number of aryl methyl sites for hydroxylation is 2. The van der Waals surface area contributed by atoms with E-state index >= 15 is 0 Å². The topological polar surface area (TPSA) is 69.6 Å². The van der Waals surface area contributed by atoms with E-state index in [1.54, 1.807) is 18.3 Å². The summed E-state index contributed by atoms with van der Waals surface area (Å²) in [5.41, 5.74) is 1.16. The Labute approximate surface area is 123 Å². The summed E-state index contributed by atoms with van der Waals surface area (Å²) in [5, 5.41) is 11.9. The molecule has 1 atom stereocenters. The average molecular weight is 298 g/mol. The fraction of sp³-hybridized carbons (Fsp3) is 0.571. The number of amides is 1. The molecule has 1 unspecified atom stereocenters. The fourth-order valence-corrected chi connectivity index (χ4v) is 2.94. The van der Waals surface area contributed by atoms with Crippen LogP contribution in [0.1, 0.15) is 29.2 Å². The molecule has 0 aliphatic carbocycles. The number of rotatable bonds is 7. The van der Waals surface area contributed by atoms with Gasteiger partial charge in [0, 0.05) is 36.3 Å². The second-order valence-electron chi connectivity index (χ2n) is 4.91. The molecule has 1 heterocycles. The van der Waals surface area contributed by atoms with Crippen molar-refractivity contribution >= 4 is 23.2 Å². The fourth-order valence-electron chi connectivity index (χ4n) is 2.00. The van der Waals surface area contributed by atoms with Crippen molar-refractivity contribution in [2.45, 2.75) is 40.3 Å². The van der Waals surface area contributed by atoms with Crippen LogP contribution in [0.15, 0.2) is 6.07 Å². The Morgan fingerprint density at radius 2 is 2.10 bits per heavy atom. The van der Waals surface area contributed by atoms with Gasteiger partial charge in [0.15, 0.2) is 0 Å². The normalized spacial score (nSPS) is 12.4. The molecular formula is C14H22N2O3S. The first-order chi connectivity index (χ1) is 9.31. The Bertz CT molecular complexity index is 485. The SMILES string of the molecule is CC(=O)NCCN(Cc1cc(C)sc1C)C(C)C(=O)O. The molecule has 0 radical (unpaired) electrons. The van der Waals surface area contributed by atoms with Gasteiger partial charge in [-0.25, -0.2) is 0 Å². The summed E-state index contributed by atoms with van der Waals surface area (Å²) in [6.07, 6.45) is 0. The Morgan fingerprint density at radius 3 is 2.55 bits per heavy atom. The second kappa shape index (κ2) is 7.40. The van der Waals surface area contributed by atoms with E-state index in [9.17, 15) is 14.7 Å². The summed E-state index contributed by atoms with van der Waals surface area (Å²) in [6.45, 7) is 8.77. The highest BCUT2D eigenvalue weighted by Crippen LogP contribution is 2.22. The second-order valence-corrected chi connectivity index (χ2v) is 6.37. The number of nitrogens with zero attached hydrogens (tertiary/aromatic N) is 1. The monoisotopic (exact) mass is 298 g/mol. The number of carboxylic acids is 1. The quantitative estimate of drug-likeness (QED) is 0.805. The van der Waals surface area contributed by atoms with Gasteiger partial charge in [-0.2, -0.15) is 0 Å². The van der Waals surface area contributed by atoms with E-state index in [1.807, 2.05) is 18.7 Å². The summed E-state index contributed by atoms with van der Waals surface area (Å²) in [6, 6.07) is 1.52. The van der Waals surface area contributed by atoms with Crippen molar-refractivity contribution in [2.24, 2.45) is 0 Å². The maximum absolute atomic E-state index is 11.2. The van der Waals surface area contributed by atoms with Crippen molar-refractivity contribution < 1.29 is 14.7 Å². The third-order valence-electron chi connectivity index (χ3n) is 3.20. The van der Waals surface area contributed by atoms with E-state index in [0.717, 1.165) is 5.56 Å². The van der Waals surface area contributed by atoms with Crippen molar-refractivity contribution in [3.8, 4) is 0 Å². The molecule has 1 aromatic heterocycles. The predicted molar refractivity (Wildman–Crippen MR) is 80.0 cm³/mol. The molecule has 0 aliphatic rings. The molecule has 1 aromatic rings. The van der Waals surface area contributed by atoms with E-state index in [-0.39, 0.29) is 5.91 Å². The molecule has 0 saturated carbocycles. The van der Waals surface area contributed by atoms with Crippen LogP contribution < -0.4 is 5.32 Å². The largest absolute Gasteiger partial charge is 0.480 e. The van der Waals surface area contributed by atoms with Crippen LogP contribution >= 0.6 is 11.3 Å². The zero-order valence-corrected chi connectivity index (χ0v) is 13.2. The average Bonchev–Trinajstić information content (AvgIpc) is 2.65. The van der Waals surface area contributed by atoms with Crippen molar-refractivity contribution in [1.82, 2.24) is 10.2 Å². The van der Waals surface area contributed by atoms with Crippen molar-refractivity contribution in [3.05, 3.63) is 21.4 Å². The Morgan fingerprint density at radius 1 is 1.45 bits per heavy atom. The lowest BCUT2D eigenvalue weighted by atomic mass is 10.2. The lowest BCUT2D eigenvalue weighted by molar-refractivity contribution is -0.142. The summed E-state index contributed by atoms with van der Waals surface area (Å²) in [5.74, 6) is -0.951. The van der Waals surface area contributed by atoms with E-state index in [0.29, 0.717) is 19.6 Å². The van der Waals surface area contributed by atoms with Crippen LogP contribution in [0, 0.1) is 13.8 Å². The third-order valence-corrected chi connectivity index (χ3v) is 4.20. The molecular weight excluding hydrogens is 276 g/mol. The highest BCUT2D eigenvalue weighted by molar-refractivity contribution is 7.12. The van der Waals surface area contributed by atoms with Gasteiger partial charge < -0.3 is 10.4 Å². The molecule has 6 heteroatoms. The molecule has 2 N–H and O–H groups in total. The number of hydrogen-bond acceptors (Lipinski definition) is 4. The van der Waals surface area contributed by atoms with Crippen LogP contribution in [0.3, 0.4) is 0 Å². The summed E-state index contributed by atoms with van der Waals surface area (Å²) in [7, 11) is 0. The van der Waals surface area contributed by atoms with Gasteiger partial charge in [-0.05, 0) is 32.4 Å². The molecule has 0 bridgehead atoms. The minimum absolute atomic E-state index is 0.101. The van der Waals surface area contributed by atoms with Gasteiger partial charge in [0.1, 0.15) is 6.04 Å². The number of nitrogens with one attached hydrogen (secondary N) is 1. The van der Waals surface area contributed by atoms with Crippen molar-refractivity contribution in [2.75, 3.05) is 13.1 Å². The molecule has 0 aromatic carbocycles. The highest BCUT2D eigenvalue weighted by Gasteiger charge is 2.21. The van der Waals surface area contributed by atoms with Gasteiger partial charge >= 0.3 is 5.97 Å². The number of carbonyl (C=O) groups is 2. The van der Waals surface area contributed by atoms with Gasteiger partial charge in [0.25, 0.3) is 0 Å². The predicted octanol–water partition coefficient (Wildman–Crippen LogP) is 1.78. The molecule has 20 heavy (non-hydrogen) atoms. The molecule has 0 fully saturated rings. The Hall–Kier alpha value is -1.40. The maximum atomic E-state index is 11.2. The van der Waals surface area contributed by atoms with Gasteiger partial charge in [-0.1, -0.05) is 0 Å². The van der Waals surface area contributed by atoms with Crippen LogP contribution in [-0.4, -0.2) is 41.0 Å². The molecule has 0 aliphatic heterocycles. The third kappa shape index (κ3) is 4.94. The molecule has 1 rings (SSSR count). The smallest absolute Gasteiger partial charge is 0.320 e. The number of aliphatic carboxylic acids is 1. The van der Waals surface area contributed by atoms with Gasteiger partial charge in [-0.15, -0.1) is 11.3 Å². The van der Waals surface area contributed by atoms with E-state index in [2.05, 4.69) is 11.4 Å². The standard InChI is InChI=1S/C14H22N2O3S/c1-9-7-13(11(3)20-9)8-16(10(2)14(18)19)6-5-15-12(4)17/h7,10H,5-6,8H2,1-4H3,(H,15,17)(H,18,19). The number of thiophene rings is 1. The molecule has 112 valence electrons. The van der Waals surface area contributed by atoms with Gasteiger partial charge in [-0.3, -0.25) is 14.5 Å². The lowest BCUT2D eigenvalue weighted by Gasteiger charge is -2.26. The van der Waals surface area contributed by atoms with Crippen molar-refractivity contribution in [3.63, 3.8) is 0 Å². The lowest BCUT2D eigenvalue weighted by Crippen LogP contribution is -2.42.